The number of nitriles is 1. The van der Waals surface area contributed by atoms with Gasteiger partial charge in [-0.1, -0.05) is 18.2 Å². The second-order valence-corrected chi connectivity index (χ2v) is 2.09. The molecule has 0 atom stereocenters. The van der Waals surface area contributed by atoms with Crippen molar-refractivity contribution in [3.63, 3.8) is 0 Å². The van der Waals surface area contributed by atoms with Gasteiger partial charge in [0, 0.05) is 11.6 Å². The zero-order chi connectivity index (χ0) is 8.97. The Hall–Kier alpha value is -1.89. The van der Waals surface area contributed by atoms with Crippen LogP contribution in [0.2, 0.25) is 0 Å². The number of hydrogen-bond acceptors (Lipinski definition) is 3. The first-order chi connectivity index (χ1) is 5.75. The Morgan fingerprint density at radius 1 is 1.50 bits per heavy atom. The molecule has 1 radical (unpaired) electrons. The first kappa shape index (κ1) is 8.21. The molecule has 0 aliphatic carbocycles. The van der Waals surface area contributed by atoms with Crippen LogP contribution in [0.4, 0.5) is 5.69 Å². The second kappa shape index (κ2) is 3.49. The van der Waals surface area contributed by atoms with Gasteiger partial charge in [0.1, 0.15) is 0 Å². The standard InChI is InChI=1S/C8H5N2O2/c9-6-5-7-3-1-2-4-8(7)10(11)12/h1-5H. The van der Waals surface area contributed by atoms with Crippen molar-refractivity contribution in [2.24, 2.45) is 0 Å². The summed E-state index contributed by atoms with van der Waals surface area (Å²) in [5, 5.41) is 18.7. The maximum absolute atomic E-state index is 10.4. The van der Waals surface area contributed by atoms with Gasteiger partial charge in [-0.25, -0.2) is 0 Å². The van der Waals surface area contributed by atoms with Gasteiger partial charge < -0.3 is 0 Å². The molecule has 1 aromatic carbocycles. The molecule has 0 bridgehead atoms. The van der Waals surface area contributed by atoms with Crippen LogP contribution in [0.5, 0.6) is 0 Å². The van der Waals surface area contributed by atoms with E-state index >= 15 is 0 Å². The van der Waals surface area contributed by atoms with Gasteiger partial charge in [0.15, 0.2) is 0 Å². The molecule has 0 fully saturated rings. The lowest BCUT2D eigenvalue weighted by atomic mass is 10.1. The van der Waals surface area contributed by atoms with E-state index in [1.54, 1.807) is 18.2 Å². The molecule has 1 rings (SSSR count). The third-order valence-corrected chi connectivity index (χ3v) is 1.35. The van der Waals surface area contributed by atoms with Gasteiger partial charge in [-0.3, -0.25) is 10.1 Å². The Balaban J connectivity index is 3.10. The van der Waals surface area contributed by atoms with E-state index in [1.165, 1.54) is 12.1 Å². The minimum absolute atomic E-state index is 0.0425. The fourth-order valence-electron chi connectivity index (χ4n) is 0.845. The number of rotatable bonds is 2. The van der Waals surface area contributed by atoms with E-state index in [2.05, 4.69) is 0 Å². The highest BCUT2D eigenvalue weighted by atomic mass is 16.6. The molecule has 1 aromatic rings. The zero-order valence-electron chi connectivity index (χ0n) is 6.10. The molecule has 0 saturated carbocycles. The fraction of sp³-hybridized carbons (Fsp3) is 0. The predicted molar refractivity (Wildman–Crippen MR) is 42.1 cm³/mol. The van der Waals surface area contributed by atoms with Gasteiger partial charge in [0.25, 0.3) is 5.69 Å². The third kappa shape index (κ3) is 1.58. The van der Waals surface area contributed by atoms with Crippen LogP contribution < -0.4 is 0 Å². The van der Waals surface area contributed by atoms with E-state index in [-0.39, 0.29) is 5.69 Å². The number of para-hydroxylation sites is 1. The van der Waals surface area contributed by atoms with Gasteiger partial charge >= 0.3 is 0 Å². The van der Waals surface area contributed by atoms with Gasteiger partial charge in [-0.15, -0.1) is 0 Å². The number of nitro benzene ring substituents is 1. The first-order valence-corrected chi connectivity index (χ1v) is 3.22. The van der Waals surface area contributed by atoms with Crippen molar-refractivity contribution >= 4 is 5.69 Å². The summed E-state index contributed by atoms with van der Waals surface area (Å²) >= 11 is 0. The lowest BCUT2D eigenvalue weighted by Gasteiger charge is -1.94. The molecule has 0 spiro atoms. The molecule has 0 aromatic heterocycles. The molecule has 0 unspecified atom stereocenters. The summed E-state index contributed by atoms with van der Waals surface area (Å²) in [6.45, 7) is 0. The van der Waals surface area contributed by atoms with Crippen molar-refractivity contribution < 1.29 is 4.92 Å². The van der Waals surface area contributed by atoms with Crippen LogP contribution in [-0.2, 0) is 0 Å². The average Bonchev–Trinajstić information content (AvgIpc) is 2.05. The molecule has 0 saturated heterocycles. The van der Waals surface area contributed by atoms with Gasteiger partial charge in [0.05, 0.1) is 17.4 Å². The Kier molecular flexibility index (Phi) is 2.38. The molecule has 0 heterocycles. The van der Waals surface area contributed by atoms with Crippen molar-refractivity contribution in [3.8, 4) is 6.07 Å². The molecular formula is C8H5N2O2. The molecule has 4 nitrogen and oxygen atoms in total. The fourth-order valence-corrected chi connectivity index (χ4v) is 0.845. The Bertz CT molecular complexity index is 341. The normalized spacial score (nSPS) is 8.92. The van der Waals surface area contributed by atoms with Crippen LogP contribution in [-0.4, -0.2) is 4.92 Å². The predicted octanol–water partition coefficient (Wildman–Crippen LogP) is 1.67. The van der Waals surface area contributed by atoms with Crippen LogP contribution >= 0.6 is 0 Å². The SMILES string of the molecule is N#C[CH]c1ccccc1[N+](=O)[O-]. The molecule has 0 aliphatic rings. The van der Waals surface area contributed by atoms with Crippen molar-refractivity contribution in [1.29, 1.82) is 5.26 Å². The molecule has 0 N–H and O–H groups in total. The minimum Gasteiger partial charge on any atom is -0.258 e. The molecule has 0 amide bonds. The monoisotopic (exact) mass is 161 g/mol. The number of nitrogens with zero attached hydrogens (tertiary/aromatic N) is 2. The molecule has 4 heteroatoms. The number of nitro groups is 1. The van der Waals surface area contributed by atoms with Gasteiger partial charge in [0.2, 0.25) is 0 Å². The highest BCUT2D eigenvalue weighted by Gasteiger charge is 2.10. The van der Waals surface area contributed by atoms with E-state index in [0.29, 0.717) is 5.56 Å². The maximum atomic E-state index is 10.4. The lowest BCUT2D eigenvalue weighted by Crippen LogP contribution is -1.92. The summed E-state index contributed by atoms with van der Waals surface area (Å²) in [7, 11) is 0. The van der Waals surface area contributed by atoms with Crippen molar-refractivity contribution in [3.05, 3.63) is 46.4 Å². The molecule has 12 heavy (non-hydrogen) atoms. The maximum Gasteiger partial charge on any atom is 0.273 e. The largest absolute Gasteiger partial charge is 0.273 e. The number of benzene rings is 1. The topological polar surface area (TPSA) is 66.9 Å². The van der Waals surface area contributed by atoms with Crippen LogP contribution in [0.15, 0.2) is 24.3 Å². The van der Waals surface area contributed by atoms with Crippen LogP contribution in [0, 0.1) is 27.9 Å². The van der Waals surface area contributed by atoms with E-state index in [0.717, 1.165) is 6.42 Å². The molecule has 59 valence electrons. The Labute approximate surface area is 69.2 Å². The first-order valence-electron chi connectivity index (χ1n) is 3.22. The van der Waals surface area contributed by atoms with E-state index in [4.69, 9.17) is 5.26 Å². The van der Waals surface area contributed by atoms with Crippen molar-refractivity contribution in [1.82, 2.24) is 0 Å². The highest BCUT2D eigenvalue weighted by molar-refractivity contribution is 5.47. The summed E-state index contributed by atoms with van der Waals surface area (Å²) in [6, 6.07) is 7.85. The smallest absolute Gasteiger partial charge is 0.258 e. The zero-order valence-corrected chi connectivity index (χ0v) is 6.10. The summed E-state index contributed by atoms with van der Waals surface area (Å²) in [5.41, 5.74) is 0.295. The quantitative estimate of drug-likeness (QED) is 0.489. The van der Waals surface area contributed by atoms with Gasteiger partial charge in [-0.05, 0) is 0 Å². The summed E-state index contributed by atoms with van der Waals surface area (Å²) < 4.78 is 0. The average molecular weight is 161 g/mol. The van der Waals surface area contributed by atoms with Gasteiger partial charge in [-0.2, -0.15) is 5.26 Å². The van der Waals surface area contributed by atoms with Crippen molar-refractivity contribution in [2.75, 3.05) is 0 Å². The number of hydrogen-bond donors (Lipinski definition) is 0. The van der Waals surface area contributed by atoms with Crippen LogP contribution in [0.3, 0.4) is 0 Å². The summed E-state index contributed by atoms with van der Waals surface area (Å²) in [5.74, 6) is 0. The van der Waals surface area contributed by atoms with E-state index in [1.807, 2.05) is 0 Å². The van der Waals surface area contributed by atoms with E-state index < -0.39 is 4.92 Å². The van der Waals surface area contributed by atoms with E-state index in [9.17, 15) is 10.1 Å². The second-order valence-electron chi connectivity index (χ2n) is 2.09. The summed E-state index contributed by atoms with van der Waals surface area (Å²) in [6.07, 6.45) is 1.15. The summed E-state index contributed by atoms with van der Waals surface area (Å²) in [4.78, 5) is 9.86. The Morgan fingerprint density at radius 3 is 2.75 bits per heavy atom. The van der Waals surface area contributed by atoms with Crippen LogP contribution in [0.1, 0.15) is 5.56 Å². The van der Waals surface area contributed by atoms with Crippen LogP contribution in [0.25, 0.3) is 0 Å². The lowest BCUT2D eigenvalue weighted by molar-refractivity contribution is -0.385. The molecule has 0 aliphatic heterocycles. The third-order valence-electron chi connectivity index (χ3n) is 1.35. The highest BCUT2D eigenvalue weighted by Crippen LogP contribution is 2.18. The minimum atomic E-state index is -0.511. The Morgan fingerprint density at radius 2 is 2.17 bits per heavy atom. The molecular weight excluding hydrogens is 156 g/mol. The van der Waals surface area contributed by atoms with Crippen molar-refractivity contribution in [2.45, 2.75) is 0 Å².